The Labute approximate surface area is 364 Å². The number of pyridine rings is 1. The number of rotatable bonds is 5. The molecule has 2 atom stereocenters. The summed E-state index contributed by atoms with van der Waals surface area (Å²) in [7, 11) is 12.1. The summed E-state index contributed by atoms with van der Waals surface area (Å²) in [5, 5.41) is 20.4. The lowest BCUT2D eigenvalue weighted by molar-refractivity contribution is -0.108. The number of aliphatic imine (C=N–C) groups is 3. The van der Waals surface area contributed by atoms with Crippen LogP contribution in [0.25, 0.3) is 22.2 Å². The van der Waals surface area contributed by atoms with E-state index in [9.17, 15) is 4.79 Å². The van der Waals surface area contributed by atoms with Gasteiger partial charge in [-0.2, -0.15) is 4.98 Å². The molecule has 6 aromatic rings. The lowest BCUT2D eigenvalue weighted by Crippen LogP contribution is -2.36. The van der Waals surface area contributed by atoms with Crippen LogP contribution >= 0.6 is 0 Å². The quantitative estimate of drug-likeness (QED) is 0.0673. The van der Waals surface area contributed by atoms with Crippen molar-refractivity contribution >= 4 is 70.3 Å². The van der Waals surface area contributed by atoms with Crippen LogP contribution in [-0.4, -0.2) is 131 Å². The van der Waals surface area contributed by atoms with Crippen LogP contribution in [0.1, 0.15) is 40.5 Å². The molecule has 16 N–H and O–H groups in total. The lowest BCUT2D eigenvalue weighted by Gasteiger charge is -2.23. The fraction of sp³-hybridized carbons (Fsp3) is 0.385. The molecule has 0 bridgehead atoms. The molecule has 23 heteroatoms. The summed E-state index contributed by atoms with van der Waals surface area (Å²) in [4.78, 5) is 53.6. The van der Waals surface area contributed by atoms with E-state index < -0.39 is 0 Å². The van der Waals surface area contributed by atoms with Gasteiger partial charge in [0.05, 0.1) is 16.6 Å². The maximum atomic E-state index is 9.50. The van der Waals surface area contributed by atoms with Gasteiger partial charge in [-0.15, -0.1) is 0 Å². The maximum absolute atomic E-state index is 9.50. The van der Waals surface area contributed by atoms with E-state index in [0.29, 0.717) is 24.4 Å². The number of nitrogens with two attached hydrogens (primary N) is 3. The lowest BCUT2D eigenvalue weighted by atomic mass is 9.92. The molecule has 6 heterocycles. The third-order valence-corrected chi connectivity index (χ3v) is 7.98. The van der Waals surface area contributed by atoms with E-state index in [2.05, 4.69) is 97.1 Å². The first kappa shape index (κ1) is 54.3. The number of carbonyl (C=O) groups is 1. The highest BCUT2D eigenvalue weighted by Gasteiger charge is 2.31. The monoisotopic (exact) mass is 861 g/mol. The first-order valence-corrected chi connectivity index (χ1v) is 18.8. The van der Waals surface area contributed by atoms with Gasteiger partial charge in [0.2, 0.25) is 24.3 Å². The van der Waals surface area contributed by atoms with Gasteiger partial charge >= 0.3 is 0 Å². The number of hydrogen-bond acceptors (Lipinski definition) is 14. The van der Waals surface area contributed by atoms with E-state index >= 15 is 0 Å². The summed E-state index contributed by atoms with van der Waals surface area (Å²) in [6.45, 7) is 0. The molecule has 1 saturated heterocycles. The number of para-hydroxylation sites is 2. The number of fused-ring (bicyclic) bond motifs is 3. The molecular formula is C39H68N22O. The Hall–Kier alpha value is -7.72. The summed E-state index contributed by atoms with van der Waals surface area (Å²) in [5.41, 5.74) is 18.4. The van der Waals surface area contributed by atoms with Crippen LogP contribution < -0.4 is 54.4 Å². The number of imidazole rings is 3. The van der Waals surface area contributed by atoms with E-state index in [1.54, 1.807) is 44.1 Å². The number of H-pyrrole nitrogens is 3. The molecule has 0 spiro atoms. The number of guanidine groups is 3. The Kier molecular flexibility index (Phi) is 28.2. The van der Waals surface area contributed by atoms with Crippen molar-refractivity contribution in [1.82, 2.24) is 60.8 Å². The SMILES string of the molecule is C.C.CN=C(N)N.CN=C(N)NC=O.CN=C1NC2CCCCC2N1.CNc1nc2ccccc2[nH]1.CNc1nc2ncccc2[nH]1.CNc1ncc[nH]1.CNc1ncccn1. The van der Waals surface area contributed by atoms with Crippen LogP contribution in [-0.2, 0) is 4.79 Å². The van der Waals surface area contributed by atoms with Crippen LogP contribution in [0.3, 0.4) is 0 Å². The predicted octanol–water partition coefficient (Wildman–Crippen LogP) is 2.89. The van der Waals surface area contributed by atoms with Gasteiger partial charge < -0.3 is 64.1 Å². The number of carbonyl (C=O) groups excluding carboxylic acids is 1. The Morgan fingerprint density at radius 1 is 0.694 bits per heavy atom. The fourth-order valence-electron chi connectivity index (χ4n) is 4.99. The van der Waals surface area contributed by atoms with E-state index in [4.69, 9.17) is 17.2 Å². The summed E-state index contributed by atoms with van der Waals surface area (Å²) in [6.07, 6.45) is 14.4. The largest absolute Gasteiger partial charge is 0.370 e. The number of anilines is 4. The molecule has 1 aliphatic heterocycles. The highest BCUT2D eigenvalue weighted by Crippen LogP contribution is 2.21. The predicted molar refractivity (Wildman–Crippen MR) is 256 cm³/mol. The standard InChI is InChI=1S/C8H15N3.C8H9N3.C7H8N4.C5H7N3.C4H7N3.C3H7N3O.C2H7N3.2CH4/c2*1-9-8-10-6-4-2-3-5-7(6)11-8;1-8-7-10-5-3-2-4-9-6(5)11-7;1-6-5-7-3-2-4-8-5;1-5-4-6-2-3-7-4;1-5-3(4)6-2-7;1-5-2(3)4;;/h6-7H,2-5H2,1H3,(H2,9,10,11);2-5H,1H3,(H2,9,10,11);2-4H,1H3,(H2,8,9,10,11);2-4H,1H3,(H,6,7,8);2-3H,1H3,(H2,5,6,7);2H,1H3,(H3,4,5,6,7);1H3,(H4,3,4,5);2*1H4. The van der Waals surface area contributed by atoms with Gasteiger partial charge in [-0.25, -0.2) is 24.9 Å². The number of hydrogen-bond donors (Lipinski definition) is 13. The van der Waals surface area contributed by atoms with Crippen molar-refractivity contribution in [1.29, 1.82) is 0 Å². The number of aromatic nitrogens is 9. The van der Waals surface area contributed by atoms with Crippen molar-refractivity contribution < 1.29 is 4.79 Å². The highest BCUT2D eigenvalue weighted by molar-refractivity contribution is 5.87. The minimum Gasteiger partial charge on any atom is -0.370 e. The van der Waals surface area contributed by atoms with Crippen LogP contribution in [0.4, 0.5) is 23.8 Å². The first-order valence-electron chi connectivity index (χ1n) is 18.8. The van der Waals surface area contributed by atoms with Crippen molar-refractivity contribution in [2.45, 2.75) is 52.6 Å². The molecule has 0 radical (unpaired) electrons. The van der Waals surface area contributed by atoms with Crippen molar-refractivity contribution in [3.8, 4) is 0 Å². The normalized spacial score (nSPS) is 13.8. The average Bonchev–Trinajstić information content (AvgIpc) is 4.14. The van der Waals surface area contributed by atoms with Crippen LogP contribution in [0, 0.1) is 0 Å². The van der Waals surface area contributed by atoms with Gasteiger partial charge in [-0.3, -0.25) is 25.1 Å². The van der Waals surface area contributed by atoms with Gasteiger partial charge in [-0.05, 0) is 43.2 Å². The van der Waals surface area contributed by atoms with Crippen molar-refractivity contribution in [3.05, 3.63) is 73.4 Å². The second kappa shape index (κ2) is 32.2. The molecule has 2 fully saturated rings. The summed E-state index contributed by atoms with van der Waals surface area (Å²) in [6, 6.07) is 14.8. The zero-order chi connectivity index (χ0) is 44.0. The van der Waals surface area contributed by atoms with Gasteiger partial charge in [0.1, 0.15) is 0 Å². The molecule has 340 valence electrons. The number of benzene rings is 1. The Morgan fingerprint density at radius 3 is 1.69 bits per heavy atom. The van der Waals surface area contributed by atoms with E-state index in [1.807, 2.05) is 64.6 Å². The van der Waals surface area contributed by atoms with Crippen LogP contribution in [0.2, 0.25) is 0 Å². The molecule has 2 aliphatic rings. The maximum Gasteiger partial charge on any atom is 0.222 e. The van der Waals surface area contributed by atoms with Crippen molar-refractivity contribution in [3.63, 3.8) is 0 Å². The van der Waals surface area contributed by atoms with E-state index in [-0.39, 0.29) is 26.8 Å². The van der Waals surface area contributed by atoms with Gasteiger partial charge in [-0.1, -0.05) is 39.8 Å². The highest BCUT2D eigenvalue weighted by atomic mass is 16.1. The molecule has 23 nitrogen and oxygen atoms in total. The first-order chi connectivity index (χ1) is 29.1. The molecule has 5 aromatic heterocycles. The van der Waals surface area contributed by atoms with Crippen molar-refractivity contribution in [2.75, 3.05) is 70.6 Å². The smallest absolute Gasteiger partial charge is 0.222 e. The zero-order valence-electron chi connectivity index (χ0n) is 35.2. The van der Waals surface area contributed by atoms with Gasteiger partial charge in [0.25, 0.3) is 0 Å². The Bertz CT molecular complexity index is 1950. The van der Waals surface area contributed by atoms with E-state index in [1.165, 1.54) is 39.8 Å². The second-order valence-corrected chi connectivity index (χ2v) is 12.0. The van der Waals surface area contributed by atoms with Gasteiger partial charge in [0.15, 0.2) is 29.5 Å². The third-order valence-electron chi connectivity index (χ3n) is 7.98. The summed E-state index contributed by atoms with van der Waals surface area (Å²) in [5.74, 6) is 4.28. The fourth-order valence-corrected chi connectivity index (χ4v) is 4.99. The molecule has 1 saturated carbocycles. The molecular weight excluding hydrogens is 793 g/mol. The minimum absolute atomic E-state index is 0. The molecule has 1 amide bonds. The number of nitrogens with one attached hydrogen (secondary N) is 10. The average molecular weight is 861 g/mol. The van der Waals surface area contributed by atoms with Crippen molar-refractivity contribution in [2.24, 2.45) is 32.2 Å². The Morgan fingerprint density at radius 2 is 1.26 bits per heavy atom. The topological polar surface area (TPSA) is 341 Å². The number of amides is 1. The number of nitrogens with zero attached hydrogens (tertiary/aromatic N) is 9. The molecule has 62 heavy (non-hydrogen) atoms. The zero-order valence-corrected chi connectivity index (χ0v) is 35.2. The molecule has 1 aliphatic carbocycles. The minimum atomic E-state index is 0. The van der Waals surface area contributed by atoms with Crippen LogP contribution in [0.15, 0.2) is 88.4 Å². The summed E-state index contributed by atoms with van der Waals surface area (Å²) >= 11 is 0. The summed E-state index contributed by atoms with van der Waals surface area (Å²) < 4.78 is 0. The molecule has 8 rings (SSSR count). The van der Waals surface area contributed by atoms with E-state index in [0.717, 1.165) is 46.0 Å². The number of aromatic amines is 3. The van der Waals surface area contributed by atoms with Crippen LogP contribution in [0.5, 0.6) is 0 Å². The molecule has 2 unspecified atom stereocenters. The third kappa shape index (κ3) is 20.8. The Balaban J connectivity index is 0.000000708. The molecule has 1 aromatic carbocycles. The van der Waals surface area contributed by atoms with Gasteiger partial charge in [0, 0.05) is 92.4 Å². The second-order valence-electron chi connectivity index (χ2n) is 12.0.